The fourth-order valence-corrected chi connectivity index (χ4v) is 7.22. The summed E-state index contributed by atoms with van der Waals surface area (Å²) in [4.78, 5) is 93.5. The largest absolute Gasteiger partial charge is 2.00 e. The fraction of sp³-hybridized carbons (Fsp3) is 0.111. The van der Waals surface area contributed by atoms with E-state index in [2.05, 4.69) is 30.6 Å². The number of benzene rings is 2. The first-order valence-electron chi connectivity index (χ1n) is 16.7. The van der Waals surface area contributed by atoms with E-state index in [-0.39, 0.29) is 56.4 Å². The molecule has 4 heterocycles. The second-order valence-corrected chi connectivity index (χ2v) is 18.3. The summed E-state index contributed by atoms with van der Waals surface area (Å²) in [6.07, 6.45) is 4.73. The van der Waals surface area contributed by atoms with Crippen molar-refractivity contribution in [3.8, 4) is 0 Å². The minimum Gasteiger partial charge on any atom is -0.778 e. The average Bonchev–Trinajstić information content (AvgIpc) is 3.12. The number of pyridine rings is 4. The van der Waals surface area contributed by atoms with Crippen LogP contribution in [-0.2, 0) is 77.0 Å². The summed E-state index contributed by atoms with van der Waals surface area (Å²) in [5.74, 6) is 3.23. The van der Waals surface area contributed by atoms with Gasteiger partial charge in [0.05, 0.1) is 0 Å². The summed E-state index contributed by atoms with van der Waals surface area (Å²) < 4.78 is 42.5. The van der Waals surface area contributed by atoms with Crippen molar-refractivity contribution < 1.29 is 91.5 Å². The Morgan fingerprint density at radius 3 is 0.767 bits per heavy atom. The minimum atomic E-state index is -4.42. The minimum absolute atomic E-state index is 0. The van der Waals surface area contributed by atoms with E-state index in [1.807, 2.05) is 72.8 Å². The zero-order valence-corrected chi connectivity index (χ0v) is 36.4. The first kappa shape index (κ1) is 54.3. The maximum absolute atomic E-state index is 10.6. The number of nitrogens with zero attached hydrogens (tertiary/aromatic N) is 4. The molecule has 2 radical (unpaired) electrons. The van der Waals surface area contributed by atoms with Crippen LogP contribution in [-0.4, -0.2) is 39.5 Å². The number of rotatable bonds is 12. The third kappa shape index (κ3) is 26.5. The Morgan fingerprint density at radius 2 is 0.600 bits per heavy atom. The van der Waals surface area contributed by atoms with Crippen molar-refractivity contribution in [1.82, 2.24) is 19.9 Å². The predicted molar refractivity (Wildman–Crippen MR) is 211 cm³/mol. The SMILES string of the molecule is O=P([O-])(O)Cc1cccc(CP(=O)([O-])O)c1.O=P([O-])(O)Cc1cccc(CP(=O)([O-])O)c1.[Cu+2].[Cu+2].c1ccc(Nc2ccccn2)nc1.c1ccc(Nc2ccccn2)nc1. The Bertz CT molecular complexity index is 2010. The fourth-order valence-electron chi connectivity index (χ4n) is 4.58. The summed E-state index contributed by atoms with van der Waals surface area (Å²) in [7, 11) is -17.7. The van der Waals surface area contributed by atoms with Crippen molar-refractivity contribution in [2.45, 2.75) is 24.6 Å². The molecular formula is C36H38Cu2N6O12P4. The van der Waals surface area contributed by atoms with Crippen LogP contribution in [0.4, 0.5) is 23.3 Å². The van der Waals surface area contributed by atoms with Crippen LogP contribution in [0.2, 0.25) is 0 Å². The molecule has 4 aromatic heterocycles. The van der Waals surface area contributed by atoms with Crippen LogP contribution in [0.25, 0.3) is 0 Å². The molecule has 60 heavy (non-hydrogen) atoms. The number of anilines is 4. The molecule has 0 aliphatic heterocycles. The number of aromatic nitrogens is 4. The van der Waals surface area contributed by atoms with Gasteiger partial charge in [0.2, 0.25) is 0 Å². The second kappa shape index (κ2) is 26.6. The van der Waals surface area contributed by atoms with E-state index in [0.29, 0.717) is 0 Å². The van der Waals surface area contributed by atoms with Crippen molar-refractivity contribution in [3.05, 3.63) is 168 Å². The van der Waals surface area contributed by atoms with Gasteiger partial charge in [0, 0.05) is 49.4 Å². The molecule has 0 aliphatic carbocycles. The molecule has 24 heteroatoms. The Balaban J connectivity index is 0.000000397. The topological polar surface area (TPSA) is 317 Å². The Kier molecular flexibility index (Phi) is 24.1. The monoisotopic (exact) mass is 996 g/mol. The maximum Gasteiger partial charge on any atom is 2.00 e. The molecule has 4 atom stereocenters. The Labute approximate surface area is 367 Å². The zero-order valence-electron chi connectivity index (χ0n) is 30.9. The summed E-state index contributed by atoms with van der Waals surface area (Å²) in [6.45, 7) is 0. The molecular weight excluding hydrogens is 959 g/mol. The van der Waals surface area contributed by atoms with Gasteiger partial charge in [-0.15, -0.1) is 0 Å². The van der Waals surface area contributed by atoms with Gasteiger partial charge in [-0.1, -0.05) is 72.8 Å². The van der Waals surface area contributed by atoms with Crippen LogP contribution in [0.5, 0.6) is 0 Å². The molecule has 0 fully saturated rings. The van der Waals surface area contributed by atoms with E-state index in [1.54, 1.807) is 24.8 Å². The van der Waals surface area contributed by atoms with E-state index in [9.17, 15) is 37.8 Å². The average molecular weight is 998 g/mol. The molecule has 6 rings (SSSR count). The quantitative estimate of drug-likeness (QED) is 0.0746. The smallest absolute Gasteiger partial charge is 0.778 e. The van der Waals surface area contributed by atoms with Crippen LogP contribution < -0.4 is 30.2 Å². The summed E-state index contributed by atoms with van der Waals surface area (Å²) in [5, 5.41) is 6.16. The molecule has 4 unspecified atom stereocenters. The summed E-state index contributed by atoms with van der Waals surface area (Å²) >= 11 is 0. The van der Waals surface area contributed by atoms with Gasteiger partial charge < -0.3 is 68.0 Å². The molecule has 0 bridgehead atoms. The van der Waals surface area contributed by atoms with Crippen LogP contribution in [0.1, 0.15) is 22.3 Å². The number of hydrogen-bond acceptors (Lipinski definition) is 14. The molecule has 0 amide bonds. The molecule has 2 aromatic carbocycles. The van der Waals surface area contributed by atoms with Crippen LogP contribution in [0.3, 0.4) is 0 Å². The maximum atomic E-state index is 10.6. The van der Waals surface area contributed by atoms with Crippen molar-refractivity contribution in [3.63, 3.8) is 0 Å². The van der Waals surface area contributed by atoms with Crippen LogP contribution in [0.15, 0.2) is 146 Å². The van der Waals surface area contributed by atoms with Gasteiger partial charge in [-0.2, -0.15) is 0 Å². The first-order chi connectivity index (χ1) is 27.2. The van der Waals surface area contributed by atoms with Crippen molar-refractivity contribution in [2.75, 3.05) is 10.6 Å². The number of nitrogens with one attached hydrogen (secondary N) is 2. The van der Waals surface area contributed by atoms with Gasteiger partial charge in [-0.25, -0.2) is 19.9 Å². The van der Waals surface area contributed by atoms with Gasteiger partial charge in [-0.05, 0) is 70.8 Å². The van der Waals surface area contributed by atoms with Crippen LogP contribution in [0, 0.1) is 0 Å². The molecule has 0 saturated heterocycles. The van der Waals surface area contributed by atoms with E-state index in [4.69, 9.17) is 19.6 Å². The zero-order chi connectivity index (χ0) is 42.7. The molecule has 0 saturated carbocycles. The normalized spacial score (nSPS) is 14.1. The summed E-state index contributed by atoms with van der Waals surface area (Å²) in [6, 6.07) is 34.1. The molecule has 6 aromatic rings. The molecule has 6 N–H and O–H groups in total. The van der Waals surface area contributed by atoms with Gasteiger partial charge >= 0.3 is 34.1 Å². The molecule has 0 aliphatic rings. The summed E-state index contributed by atoms with van der Waals surface area (Å²) in [5.41, 5.74) is 1.08. The molecule has 0 spiro atoms. The molecule has 326 valence electrons. The Morgan fingerprint density at radius 1 is 0.383 bits per heavy atom. The third-order valence-electron chi connectivity index (χ3n) is 6.68. The van der Waals surface area contributed by atoms with E-state index in [0.717, 1.165) is 23.3 Å². The van der Waals surface area contributed by atoms with Gasteiger partial charge in [-0.3, -0.25) is 0 Å². The Hall–Kier alpha value is -3.72. The standard InChI is InChI=1S/2C10H9N3.2C8H12O6P2.2Cu/c2*1-3-7-11-9(5-1)13-10-6-2-4-8-12-10;2*9-15(10,11)5-7-2-1-3-8(4-7)6-16(12,13)14;;/h2*1-8H,(H,11,12,13);2*1-4H,5-6H2,(H2,9,10,11)(H2,12,13,14);;/q;;;;2*+2/p-4. The van der Waals surface area contributed by atoms with E-state index in [1.165, 1.54) is 48.5 Å². The van der Waals surface area contributed by atoms with Crippen molar-refractivity contribution in [2.24, 2.45) is 0 Å². The predicted octanol–water partition coefficient (Wildman–Crippen LogP) is 3.99. The van der Waals surface area contributed by atoms with Gasteiger partial charge in [0.15, 0.2) is 0 Å². The van der Waals surface area contributed by atoms with E-state index >= 15 is 0 Å². The van der Waals surface area contributed by atoms with Crippen molar-refractivity contribution >= 4 is 53.7 Å². The van der Waals surface area contributed by atoms with Gasteiger partial charge in [0.25, 0.3) is 0 Å². The molecule has 18 nitrogen and oxygen atoms in total. The first-order valence-corrected chi connectivity index (χ1v) is 23.7. The van der Waals surface area contributed by atoms with Crippen molar-refractivity contribution in [1.29, 1.82) is 0 Å². The van der Waals surface area contributed by atoms with Gasteiger partial charge in [0.1, 0.15) is 53.7 Å². The number of hydrogen-bond donors (Lipinski definition) is 6. The van der Waals surface area contributed by atoms with E-state index < -0.39 is 55.0 Å². The van der Waals surface area contributed by atoms with Crippen LogP contribution >= 0.6 is 30.4 Å². The second-order valence-electron chi connectivity index (χ2n) is 11.9. The third-order valence-corrected chi connectivity index (χ3v) is 9.74.